The second-order valence-electron chi connectivity index (χ2n) is 3.25. The number of hydrogen-bond donors (Lipinski definition) is 4. The fourth-order valence-electron chi connectivity index (χ4n) is 1.07. The summed E-state index contributed by atoms with van der Waals surface area (Å²) in [5.41, 5.74) is -1.85. The molecule has 0 saturated heterocycles. The van der Waals surface area contributed by atoms with Crippen LogP contribution >= 0.6 is 0 Å². The minimum absolute atomic E-state index is 0.246. The zero-order chi connectivity index (χ0) is 10.6. The van der Waals surface area contributed by atoms with E-state index in [1.165, 1.54) is 13.8 Å². The van der Waals surface area contributed by atoms with Gasteiger partial charge >= 0.3 is 0 Å². The van der Waals surface area contributed by atoms with Crippen LogP contribution in [0.1, 0.15) is 20.3 Å². The maximum atomic E-state index is 10.1. The fraction of sp³-hybridized carbons (Fsp3) is 0.875. The van der Waals surface area contributed by atoms with Crippen LogP contribution in [0.2, 0.25) is 0 Å². The summed E-state index contributed by atoms with van der Waals surface area (Å²) in [6.45, 7) is 2.56. The number of aliphatic hydroxyl groups excluding tert-OH is 3. The summed E-state index contributed by atoms with van der Waals surface area (Å²) < 4.78 is 0. The summed E-state index contributed by atoms with van der Waals surface area (Å²) in [6, 6.07) is 0. The van der Waals surface area contributed by atoms with Crippen molar-refractivity contribution >= 4 is 6.29 Å². The summed E-state index contributed by atoms with van der Waals surface area (Å²) in [6.07, 6.45) is -3.96. The third-order valence-corrected chi connectivity index (χ3v) is 2.14. The van der Waals surface area contributed by atoms with E-state index >= 15 is 0 Å². The highest BCUT2D eigenvalue weighted by atomic mass is 16.4. The van der Waals surface area contributed by atoms with Gasteiger partial charge in [0.25, 0.3) is 0 Å². The zero-order valence-corrected chi connectivity index (χ0v) is 7.71. The van der Waals surface area contributed by atoms with Crippen LogP contribution in [0.3, 0.4) is 0 Å². The van der Waals surface area contributed by atoms with Crippen molar-refractivity contribution in [1.82, 2.24) is 0 Å². The molecule has 0 heterocycles. The molecule has 5 nitrogen and oxygen atoms in total. The highest BCUT2D eigenvalue weighted by Gasteiger charge is 2.39. The predicted octanol–water partition coefficient (Wildman–Crippen LogP) is -1.57. The Morgan fingerprint density at radius 1 is 1.23 bits per heavy atom. The average Bonchev–Trinajstić information content (AvgIpc) is 2.03. The number of carbonyl (C=O) groups excluding carboxylic acids is 1. The Bertz CT molecular complexity index is 158. The van der Waals surface area contributed by atoms with Gasteiger partial charge in [-0.3, -0.25) is 0 Å². The van der Waals surface area contributed by atoms with Crippen LogP contribution < -0.4 is 0 Å². The Labute approximate surface area is 76.6 Å². The largest absolute Gasteiger partial charge is 0.390 e. The molecule has 0 spiro atoms. The van der Waals surface area contributed by atoms with Gasteiger partial charge in [-0.2, -0.15) is 0 Å². The van der Waals surface area contributed by atoms with E-state index in [2.05, 4.69) is 0 Å². The van der Waals surface area contributed by atoms with Crippen LogP contribution in [0.25, 0.3) is 0 Å². The van der Waals surface area contributed by atoms with Crippen molar-refractivity contribution in [2.45, 2.75) is 44.2 Å². The lowest BCUT2D eigenvalue weighted by molar-refractivity contribution is -0.154. The van der Waals surface area contributed by atoms with E-state index in [1.807, 2.05) is 0 Å². The molecule has 0 amide bonds. The van der Waals surface area contributed by atoms with Crippen molar-refractivity contribution in [3.8, 4) is 0 Å². The molecule has 4 N–H and O–H groups in total. The highest BCUT2D eigenvalue weighted by molar-refractivity contribution is 5.55. The second kappa shape index (κ2) is 4.66. The Kier molecular flexibility index (Phi) is 4.49. The van der Waals surface area contributed by atoms with E-state index in [1.54, 1.807) is 0 Å². The van der Waals surface area contributed by atoms with Crippen molar-refractivity contribution in [2.24, 2.45) is 0 Å². The monoisotopic (exact) mass is 192 g/mol. The lowest BCUT2D eigenvalue weighted by atomic mass is 9.86. The van der Waals surface area contributed by atoms with E-state index in [4.69, 9.17) is 15.3 Å². The van der Waals surface area contributed by atoms with Crippen LogP contribution in [0.5, 0.6) is 0 Å². The van der Waals surface area contributed by atoms with Gasteiger partial charge in [-0.15, -0.1) is 0 Å². The quantitative estimate of drug-likeness (QED) is 0.394. The topological polar surface area (TPSA) is 98.0 Å². The standard InChI is InChI=1S/C8H16O5/c1-5(10)8(13,6(2)11)3-7(12)4-9/h4-7,10-13H,3H2,1-2H3/t5-,6?,7+,8?/m0/s1. The molecule has 0 bridgehead atoms. The first-order chi connectivity index (χ1) is 5.84. The van der Waals surface area contributed by atoms with Gasteiger partial charge in [-0.25, -0.2) is 0 Å². The molecule has 0 rings (SSSR count). The number of aldehydes is 1. The lowest BCUT2D eigenvalue weighted by Gasteiger charge is -2.34. The molecule has 78 valence electrons. The Hall–Kier alpha value is -0.490. The molecule has 0 aliphatic carbocycles. The van der Waals surface area contributed by atoms with Gasteiger partial charge in [0.15, 0.2) is 0 Å². The number of aliphatic hydroxyl groups is 4. The van der Waals surface area contributed by atoms with Crippen molar-refractivity contribution in [1.29, 1.82) is 0 Å². The SMILES string of the molecule is CC(O)C(O)(C[C@@H](O)C=O)[C@H](C)O. The van der Waals surface area contributed by atoms with E-state index in [0.717, 1.165) is 0 Å². The lowest BCUT2D eigenvalue weighted by Crippen LogP contribution is -2.52. The first-order valence-corrected chi connectivity index (χ1v) is 4.06. The molecule has 0 aliphatic heterocycles. The molecule has 0 saturated carbocycles. The summed E-state index contributed by atoms with van der Waals surface area (Å²) in [5.74, 6) is 0. The Morgan fingerprint density at radius 3 is 1.85 bits per heavy atom. The van der Waals surface area contributed by atoms with Crippen molar-refractivity contribution in [2.75, 3.05) is 0 Å². The molecule has 13 heavy (non-hydrogen) atoms. The van der Waals surface area contributed by atoms with Crippen LogP contribution in [-0.2, 0) is 4.79 Å². The minimum Gasteiger partial charge on any atom is -0.390 e. The molecular weight excluding hydrogens is 176 g/mol. The van der Waals surface area contributed by atoms with Gasteiger partial charge in [-0.05, 0) is 13.8 Å². The number of rotatable bonds is 5. The van der Waals surface area contributed by atoms with Crippen molar-refractivity contribution in [3.05, 3.63) is 0 Å². The zero-order valence-electron chi connectivity index (χ0n) is 7.71. The molecule has 0 radical (unpaired) electrons. The van der Waals surface area contributed by atoms with E-state index in [-0.39, 0.29) is 12.7 Å². The van der Waals surface area contributed by atoms with Crippen LogP contribution in [0.4, 0.5) is 0 Å². The van der Waals surface area contributed by atoms with Crippen LogP contribution in [0, 0.1) is 0 Å². The average molecular weight is 192 g/mol. The normalized spacial score (nSPS) is 22.9. The first-order valence-electron chi connectivity index (χ1n) is 4.06. The van der Waals surface area contributed by atoms with Gasteiger partial charge in [-0.1, -0.05) is 0 Å². The maximum Gasteiger partial charge on any atom is 0.148 e. The molecule has 0 aromatic carbocycles. The van der Waals surface area contributed by atoms with Crippen molar-refractivity contribution < 1.29 is 25.2 Å². The molecule has 5 heteroatoms. The van der Waals surface area contributed by atoms with Gasteiger partial charge in [0, 0.05) is 6.42 Å². The molecule has 0 aliphatic rings. The van der Waals surface area contributed by atoms with Gasteiger partial charge in [0.2, 0.25) is 0 Å². The summed E-state index contributed by atoms with van der Waals surface area (Å²) in [4.78, 5) is 10.1. The Morgan fingerprint density at radius 2 is 1.62 bits per heavy atom. The molecule has 4 atom stereocenters. The smallest absolute Gasteiger partial charge is 0.148 e. The third-order valence-electron chi connectivity index (χ3n) is 2.14. The maximum absolute atomic E-state index is 10.1. The van der Waals surface area contributed by atoms with Crippen molar-refractivity contribution in [3.63, 3.8) is 0 Å². The van der Waals surface area contributed by atoms with Crippen LogP contribution in [-0.4, -0.2) is 50.6 Å². The van der Waals surface area contributed by atoms with Gasteiger partial charge in [0.05, 0.1) is 12.2 Å². The molecule has 2 unspecified atom stereocenters. The van der Waals surface area contributed by atoms with E-state index in [9.17, 15) is 9.90 Å². The fourth-order valence-corrected chi connectivity index (χ4v) is 1.07. The first kappa shape index (κ1) is 12.5. The summed E-state index contributed by atoms with van der Waals surface area (Å²) in [7, 11) is 0. The van der Waals surface area contributed by atoms with Gasteiger partial charge in [0.1, 0.15) is 18.0 Å². The minimum atomic E-state index is -1.85. The molecular formula is C8H16O5. The number of hydrogen-bond acceptors (Lipinski definition) is 5. The highest BCUT2D eigenvalue weighted by Crippen LogP contribution is 2.21. The third kappa shape index (κ3) is 3.04. The predicted molar refractivity (Wildman–Crippen MR) is 45.0 cm³/mol. The Balaban J connectivity index is 4.51. The number of carbonyl (C=O) groups is 1. The van der Waals surface area contributed by atoms with Crippen LogP contribution in [0.15, 0.2) is 0 Å². The van der Waals surface area contributed by atoms with Gasteiger partial charge < -0.3 is 25.2 Å². The summed E-state index contributed by atoms with van der Waals surface area (Å²) >= 11 is 0. The summed E-state index contributed by atoms with van der Waals surface area (Å²) in [5, 5.41) is 36.9. The molecule has 0 aromatic rings. The second-order valence-corrected chi connectivity index (χ2v) is 3.25. The van der Waals surface area contributed by atoms with E-state index < -0.39 is 23.9 Å². The molecule has 0 fully saturated rings. The van der Waals surface area contributed by atoms with E-state index in [0.29, 0.717) is 0 Å². The molecule has 0 aromatic heterocycles.